The standard InChI is InChI=1S/C19H25BrN4O2/c1-11(2)16-15(20)17(23-22-16)19(25)24-9-5-6-12(10-24)18-21-13-7-3-4-8-14(13)26-18/h3-4,7-8,11-12,15-17,22-23H,5-6,9-10H2,1-2H3. The van der Waals surface area contributed by atoms with Gasteiger partial charge in [0.15, 0.2) is 11.5 Å². The molecule has 2 saturated heterocycles. The van der Waals surface area contributed by atoms with Crippen LogP contribution in [0.25, 0.3) is 11.1 Å². The lowest BCUT2D eigenvalue weighted by molar-refractivity contribution is -0.134. The van der Waals surface area contributed by atoms with Gasteiger partial charge in [-0.25, -0.2) is 10.4 Å². The molecule has 2 aliphatic heterocycles. The molecule has 4 rings (SSSR count). The number of oxazole rings is 1. The molecule has 6 nitrogen and oxygen atoms in total. The maximum atomic E-state index is 13.1. The van der Waals surface area contributed by atoms with E-state index in [2.05, 4.69) is 45.6 Å². The lowest BCUT2D eigenvalue weighted by Gasteiger charge is -2.33. The molecule has 0 bridgehead atoms. The average molecular weight is 421 g/mol. The van der Waals surface area contributed by atoms with Crippen LogP contribution in [0.5, 0.6) is 0 Å². The highest BCUT2D eigenvalue weighted by molar-refractivity contribution is 9.09. The van der Waals surface area contributed by atoms with Crippen molar-refractivity contribution in [1.29, 1.82) is 0 Å². The lowest BCUT2D eigenvalue weighted by atomic mass is 9.95. The highest BCUT2D eigenvalue weighted by Gasteiger charge is 2.42. The molecule has 2 N–H and O–H groups in total. The number of hydrazine groups is 1. The van der Waals surface area contributed by atoms with Gasteiger partial charge in [0, 0.05) is 19.1 Å². The van der Waals surface area contributed by atoms with Crippen molar-refractivity contribution in [3.8, 4) is 0 Å². The van der Waals surface area contributed by atoms with Gasteiger partial charge >= 0.3 is 0 Å². The van der Waals surface area contributed by atoms with Gasteiger partial charge in [0.1, 0.15) is 11.6 Å². The summed E-state index contributed by atoms with van der Waals surface area (Å²) in [7, 11) is 0. The van der Waals surface area contributed by atoms with E-state index in [1.165, 1.54) is 0 Å². The molecule has 2 aromatic rings. The lowest BCUT2D eigenvalue weighted by Crippen LogP contribution is -2.50. The van der Waals surface area contributed by atoms with Crippen molar-refractivity contribution in [3.63, 3.8) is 0 Å². The molecule has 1 aromatic heterocycles. The SMILES string of the molecule is CC(C)C1NNC(C(=O)N2CCCC(c3nc4ccccc4o3)C2)C1Br. The molecule has 3 heterocycles. The maximum Gasteiger partial charge on any atom is 0.242 e. The number of rotatable bonds is 3. The number of aromatic nitrogens is 1. The number of halogens is 1. The molecule has 1 aromatic carbocycles. The fraction of sp³-hybridized carbons (Fsp3) is 0.579. The molecular formula is C19H25BrN4O2. The Kier molecular flexibility index (Phi) is 5.03. The van der Waals surface area contributed by atoms with E-state index < -0.39 is 0 Å². The minimum absolute atomic E-state index is 0.0831. The van der Waals surface area contributed by atoms with Crippen molar-refractivity contribution in [2.75, 3.05) is 13.1 Å². The number of carbonyl (C=O) groups excluding carboxylic acids is 1. The van der Waals surface area contributed by atoms with Crippen LogP contribution >= 0.6 is 15.9 Å². The third kappa shape index (κ3) is 3.28. The number of hydrogen-bond acceptors (Lipinski definition) is 5. The van der Waals surface area contributed by atoms with Crippen LogP contribution in [0.2, 0.25) is 0 Å². The predicted molar refractivity (Wildman–Crippen MR) is 104 cm³/mol. The second-order valence-electron chi connectivity index (χ2n) is 7.62. The van der Waals surface area contributed by atoms with Crippen molar-refractivity contribution < 1.29 is 9.21 Å². The summed E-state index contributed by atoms with van der Waals surface area (Å²) in [5, 5.41) is 0. The van der Waals surface area contributed by atoms with Crippen LogP contribution in [0.1, 0.15) is 38.5 Å². The zero-order chi connectivity index (χ0) is 18.3. The summed E-state index contributed by atoms with van der Waals surface area (Å²) in [6.45, 7) is 5.77. The van der Waals surface area contributed by atoms with Crippen molar-refractivity contribution in [2.45, 2.75) is 49.5 Å². The Bertz CT molecular complexity index is 760. The number of alkyl halides is 1. The summed E-state index contributed by atoms with van der Waals surface area (Å²) >= 11 is 3.72. The van der Waals surface area contributed by atoms with Gasteiger partial charge in [0.25, 0.3) is 0 Å². The van der Waals surface area contributed by atoms with Gasteiger partial charge in [-0.05, 0) is 30.9 Å². The van der Waals surface area contributed by atoms with E-state index in [4.69, 9.17) is 4.42 Å². The van der Waals surface area contributed by atoms with Gasteiger partial charge in [-0.3, -0.25) is 10.2 Å². The largest absolute Gasteiger partial charge is 0.440 e. The molecule has 26 heavy (non-hydrogen) atoms. The first-order valence-electron chi connectivity index (χ1n) is 9.34. The third-order valence-corrected chi connectivity index (χ3v) is 6.54. The zero-order valence-electron chi connectivity index (χ0n) is 15.1. The Hall–Kier alpha value is -1.44. The van der Waals surface area contributed by atoms with Crippen LogP contribution in [0.15, 0.2) is 28.7 Å². The highest BCUT2D eigenvalue weighted by atomic mass is 79.9. The molecule has 2 aliphatic rings. The predicted octanol–water partition coefficient (Wildman–Crippen LogP) is 2.80. The van der Waals surface area contributed by atoms with E-state index in [9.17, 15) is 4.79 Å². The normalized spacial score (nSPS) is 29.6. The van der Waals surface area contributed by atoms with Gasteiger partial charge < -0.3 is 9.32 Å². The Labute approximate surface area is 161 Å². The van der Waals surface area contributed by atoms with Crippen LogP contribution < -0.4 is 10.9 Å². The number of benzene rings is 1. The summed E-state index contributed by atoms with van der Waals surface area (Å²) in [6.07, 6.45) is 1.97. The van der Waals surface area contributed by atoms with Crippen molar-refractivity contribution in [1.82, 2.24) is 20.7 Å². The fourth-order valence-corrected chi connectivity index (χ4v) is 5.03. The highest BCUT2D eigenvalue weighted by Crippen LogP contribution is 2.30. The third-order valence-electron chi connectivity index (χ3n) is 5.44. The molecule has 0 aliphatic carbocycles. The summed E-state index contributed by atoms with van der Waals surface area (Å²) in [5.74, 6) is 1.49. The van der Waals surface area contributed by atoms with E-state index >= 15 is 0 Å². The Morgan fingerprint density at radius 3 is 2.88 bits per heavy atom. The number of para-hydroxylation sites is 2. The zero-order valence-corrected chi connectivity index (χ0v) is 16.7. The van der Waals surface area contributed by atoms with Crippen LogP contribution in [0.4, 0.5) is 0 Å². The van der Waals surface area contributed by atoms with Gasteiger partial charge in [-0.15, -0.1) is 0 Å². The molecule has 0 spiro atoms. The molecule has 4 atom stereocenters. The number of nitrogens with zero attached hydrogens (tertiary/aromatic N) is 2. The minimum atomic E-state index is -0.246. The van der Waals surface area contributed by atoms with E-state index in [-0.39, 0.29) is 28.7 Å². The van der Waals surface area contributed by atoms with Crippen LogP contribution in [0, 0.1) is 5.92 Å². The second kappa shape index (κ2) is 7.29. The smallest absolute Gasteiger partial charge is 0.242 e. The monoisotopic (exact) mass is 420 g/mol. The molecule has 140 valence electrons. The van der Waals surface area contributed by atoms with Crippen LogP contribution in [-0.4, -0.2) is 45.8 Å². The summed E-state index contributed by atoms with van der Waals surface area (Å²) in [6, 6.07) is 7.81. The van der Waals surface area contributed by atoms with Crippen molar-refractivity contribution in [3.05, 3.63) is 30.2 Å². The quantitative estimate of drug-likeness (QED) is 0.746. The molecular weight excluding hydrogens is 396 g/mol. The number of amides is 1. The topological polar surface area (TPSA) is 70.4 Å². The number of carbonyl (C=O) groups is 1. The fourth-order valence-electron chi connectivity index (χ4n) is 3.93. The summed E-state index contributed by atoms with van der Waals surface area (Å²) in [5.41, 5.74) is 8.14. The van der Waals surface area contributed by atoms with E-state index in [0.717, 1.165) is 36.4 Å². The first-order chi connectivity index (χ1) is 12.5. The second-order valence-corrected chi connectivity index (χ2v) is 8.68. The number of piperidine rings is 1. The summed E-state index contributed by atoms with van der Waals surface area (Å²) in [4.78, 5) is 19.7. The minimum Gasteiger partial charge on any atom is -0.440 e. The Morgan fingerprint density at radius 2 is 2.15 bits per heavy atom. The number of fused-ring (bicyclic) bond motifs is 1. The van der Waals surface area contributed by atoms with Crippen LogP contribution in [-0.2, 0) is 4.79 Å². The van der Waals surface area contributed by atoms with E-state index in [1.54, 1.807) is 0 Å². The van der Waals surface area contributed by atoms with Gasteiger partial charge in [0.05, 0.1) is 10.7 Å². The van der Waals surface area contributed by atoms with Crippen molar-refractivity contribution in [2.24, 2.45) is 5.92 Å². The first-order valence-corrected chi connectivity index (χ1v) is 10.3. The number of nitrogens with one attached hydrogen (secondary N) is 2. The average Bonchev–Trinajstić information content (AvgIpc) is 3.24. The first kappa shape index (κ1) is 17.9. The van der Waals surface area contributed by atoms with Crippen molar-refractivity contribution >= 4 is 32.9 Å². The molecule has 0 saturated carbocycles. The van der Waals surface area contributed by atoms with Gasteiger partial charge in [-0.1, -0.05) is 41.9 Å². The molecule has 0 radical (unpaired) electrons. The number of hydrogen-bond donors (Lipinski definition) is 2. The maximum absolute atomic E-state index is 13.1. The summed E-state index contributed by atoms with van der Waals surface area (Å²) < 4.78 is 5.94. The molecule has 2 fully saturated rings. The molecule has 1 amide bonds. The van der Waals surface area contributed by atoms with E-state index in [1.807, 2.05) is 29.2 Å². The van der Waals surface area contributed by atoms with Gasteiger partial charge in [0.2, 0.25) is 5.91 Å². The molecule has 4 unspecified atom stereocenters. The Morgan fingerprint density at radius 1 is 1.35 bits per heavy atom. The van der Waals surface area contributed by atoms with Crippen LogP contribution in [0.3, 0.4) is 0 Å². The molecule has 7 heteroatoms. The Balaban J connectivity index is 1.47. The van der Waals surface area contributed by atoms with E-state index in [0.29, 0.717) is 12.5 Å². The van der Waals surface area contributed by atoms with Gasteiger partial charge in [-0.2, -0.15) is 0 Å². The number of likely N-dealkylation sites (tertiary alicyclic amines) is 1.